The van der Waals surface area contributed by atoms with Crippen LogP contribution in [0.1, 0.15) is 12.8 Å². The smallest absolute Gasteiger partial charge is 0.309 e. The van der Waals surface area contributed by atoms with Gasteiger partial charge in [-0.05, 0) is 12.8 Å². The first-order valence-corrected chi connectivity index (χ1v) is 6.00. The Hall–Kier alpha value is -1.53. The maximum Gasteiger partial charge on any atom is 0.309 e. The third-order valence-corrected chi connectivity index (χ3v) is 3.67. The number of rotatable bonds is 3. The van der Waals surface area contributed by atoms with Crippen LogP contribution in [0.4, 0.5) is 0 Å². The topological polar surface area (TPSA) is 83.7 Å². The Kier molecular flexibility index (Phi) is 3.58. The second-order valence-corrected chi connectivity index (χ2v) is 4.66. The molecule has 0 saturated carbocycles. The Morgan fingerprint density at radius 1 is 1.39 bits per heavy atom. The minimum absolute atomic E-state index is 0.399. The van der Waals surface area contributed by atoms with E-state index in [0.29, 0.717) is 32.2 Å². The van der Waals surface area contributed by atoms with Crippen LogP contribution in [0.15, 0.2) is 24.3 Å². The summed E-state index contributed by atoms with van der Waals surface area (Å²) >= 11 is 0. The van der Waals surface area contributed by atoms with E-state index >= 15 is 0 Å². The lowest BCUT2D eigenvalue weighted by molar-refractivity contribution is -0.592. The fourth-order valence-corrected chi connectivity index (χ4v) is 2.62. The SMILES string of the molecule is O=CC1C=CC=CC1(N1CCC(O)CC1)[N+](=O)[O-]. The molecule has 0 aromatic rings. The van der Waals surface area contributed by atoms with Crippen molar-refractivity contribution in [1.82, 2.24) is 4.90 Å². The van der Waals surface area contributed by atoms with Gasteiger partial charge < -0.3 is 9.90 Å². The number of aliphatic hydroxyl groups is 1. The average Bonchev–Trinajstić information content (AvgIpc) is 2.39. The number of hydrogen-bond acceptors (Lipinski definition) is 5. The van der Waals surface area contributed by atoms with Crippen molar-refractivity contribution in [2.24, 2.45) is 5.92 Å². The number of carbonyl (C=O) groups excluding carboxylic acids is 1. The van der Waals surface area contributed by atoms with E-state index in [4.69, 9.17) is 0 Å². The van der Waals surface area contributed by atoms with E-state index in [9.17, 15) is 20.0 Å². The molecule has 2 rings (SSSR count). The number of carbonyl (C=O) groups is 1. The zero-order chi connectivity index (χ0) is 13.2. The molecule has 1 aliphatic carbocycles. The van der Waals surface area contributed by atoms with Gasteiger partial charge in [-0.1, -0.05) is 18.2 Å². The number of piperidine rings is 1. The zero-order valence-corrected chi connectivity index (χ0v) is 9.94. The summed E-state index contributed by atoms with van der Waals surface area (Å²) in [5, 5.41) is 21.0. The summed E-state index contributed by atoms with van der Waals surface area (Å²) in [6.07, 6.45) is 7.51. The summed E-state index contributed by atoms with van der Waals surface area (Å²) < 4.78 is 0. The van der Waals surface area contributed by atoms with Gasteiger partial charge in [0.15, 0.2) is 0 Å². The molecule has 0 aromatic heterocycles. The van der Waals surface area contributed by atoms with Crippen molar-refractivity contribution >= 4 is 6.29 Å². The maximum atomic E-state index is 11.5. The predicted molar refractivity (Wildman–Crippen MR) is 64.4 cm³/mol. The molecule has 6 nitrogen and oxygen atoms in total. The second kappa shape index (κ2) is 4.99. The standard InChI is InChI=1S/C12H16N2O4/c15-9-10-3-1-2-6-12(10,14(17)18)13-7-4-11(16)5-8-13/h1-3,6,9-11,16H,4-5,7-8H2. The molecule has 2 aliphatic rings. The van der Waals surface area contributed by atoms with Gasteiger partial charge in [0, 0.05) is 24.1 Å². The van der Waals surface area contributed by atoms with Gasteiger partial charge in [-0.25, -0.2) is 4.90 Å². The summed E-state index contributed by atoms with van der Waals surface area (Å²) in [5.74, 6) is -0.784. The van der Waals surface area contributed by atoms with Gasteiger partial charge in [-0.2, -0.15) is 0 Å². The van der Waals surface area contributed by atoms with Crippen molar-refractivity contribution in [3.05, 3.63) is 34.4 Å². The van der Waals surface area contributed by atoms with Crippen molar-refractivity contribution in [3.8, 4) is 0 Å². The molecule has 0 bridgehead atoms. The normalized spacial score (nSPS) is 33.5. The fraction of sp³-hybridized carbons (Fsp3) is 0.583. The number of likely N-dealkylation sites (tertiary alicyclic amines) is 1. The van der Waals surface area contributed by atoms with E-state index in [1.54, 1.807) is 23.1 Å². The number of aliphatic hydroxyl groups excluding tert-OH is 1. The molecule has 1 heterocycles. The number of nitro groups is 1. The van der Waals surface area contributed by atoms with Crippen LogP contribution in [-0.4, -0.2) is 46.1 Å². The van der Waals surface area contributed by atoms with Crippen LogP contribution in [0.3, 0.4) is 0 Å². The van der Waals surface area contributed by atoms with Gasteiger partial charge in [-0.15, -0.1) is 0 Å². The monoisotopic (exact) mass is 252 g/mol. The number of nitrogens with zero attached hydrogens (tertiary/aromatic N) is 2. The molecule has 18 heavy (non-hydrogen) atoms. The van der Waals surface area contributed by atoms with E-state index in [1.807, 2.05) is 0 Å². The maximum absolute atomic E-state index is 11.5. The Labute approximate surface area is 105 Å². The van der Waals surface area contributed by atoms with E-state index in [2.05, 4.69) is 0 Å². The highest BCUT2D eigenvalue weighted by molar-refractivity contribution is 5.61. The van der Waals surface area contributed by atoms with Crippen molar-refractivity contribution in [1.29, 1.82) is 0 Å². The molecule has 2 unspecified atom stereocenters. The molecule has 0 amide bonds. The predicted octanol–water partition coefficient (Wildman–Crippen LogP) is 0.357. The second-order valence-electron chi connectivity index (χ2n) is 4.66. The number of allylic oxidation sites excluding steroid dienone is 2. The van der Waals surface area contributed by atoms with Gasteiger partial charge in [-0.3, -0.25) is 10.1 Å². The summed E-state index contributed by atoms with van der Waals surface area (Å²) in [7, 11) is 0. The first kappa shape index (κ1) is 12.9. The van der Waals surface area contributed by atoms with Crippen LogP contribution in [0.5, 0.6) is 0 Å². The van der Waals surface area contributed by atoms with E-state index in [1.165, 1.54) is 6.08 Å². The third kappa shape index (κ3) is 1.97. The van der Waals surface area contributed by atoms with Crippen LogP contribution in [0.2, 0.25) is 0 Å². The average molecular weight is 252 g/mol. The summed E-state index contributed by atoms with van der Waals surface area (Å²) in [6, 6.07) is 0. The lowest BCUT2D eigenvalue weighted by atomic mass is 9.86. The highest BCUT2D eigenvalue weighted by atomic mass is 16.6. The van der Waals surface area contributed by atoms with Gasteiger partial charge in [0.2, 0.25) is 0 Å². The van der Waals surface area contributed by atoms with Crippen LogP contribution < -0.4 is 0 Å². The molecule has 98 valence electrons. The molecule has 0 spiro atoms. The van der Waals surface area contributed by atoms with Crippen molar-refractivity contribution < 1.29 is 14.8 Å². The van der Waals surface area contributed by atoms with Crippen LogP contribution >= 0.6 is 0 Å². The first-order chi connectivity index (χ1) is 8.61. The molecule has 0 aromatic carbocycles. The molecular weight excluding hydrogens is 236 g/mol. The molecule has 1 fully saturated rings. The summed E-state index contributed by atoms with van der Waals surface area (Å²) in [4.78, 5) is 23.9. The van der Waals surface area contributed by atoms with Crippen molar-refractivity contribution in [3.63, 3.8) is 0 Å². The van der Waals surface area contributed by atoms with E-state index < -0.39 is 22.6 Å². The minimum Gasteiger partial charge on any atom is -0.393 e. The third-order valence-electron chi connectivity index (χ3n) is 3.67. The lowest BCUT2D eigenvalue weighted by Gasteiger charge is -2.40. The van der Waals surface area contributed by atoms with Gasteiger partial charge >= 0.3 is 5.66 Å². The quantitative estimate of drug-likeness (QED) is 0.445. The molecule has 1 aliphatic heterocycles. The summed E-state index contributed by atoms with van der Waals surface area (Å²) in [5.41, 5.74) is -1.49. The largest absolute Gasteiger partial charge is 0.393 e. The van der Waals surface area contributed by atoms with E-state index in [0.717, 1.165) is 0 Å². The van der Waals surface area contributed by atoms with E-state index in [-0.39, 0.29) is 0 Å². The first-order valence-electron chi connectivity index (χ1n) is 6.00. The molecular formula is C12H16N2O4. The lowest BCUT2D eigenvalue weighted by Crippen LogP contribution is -2.61. The van der Waals surface area contributed by atoms with Gasteiger partial charge in [0.1, 0.15) is 12.2 Å². The van der Waals surface area contributed by atoms with Crippen molar-refractivity contribution in [2.45, 2.75) is 24.6 Å². The Morgan fingerprint density at radius 3 is 2.61 bits per heavy atom. The molecule has 2 atom stereocenters. The molecule has 6 heteroatoms. The molecule has 1 saturated heterocycles. The Bertz CT molecular complexity index is 399. The van der Waals surface area contributed by atoms with Gasteiger partial charge in [0.05, 0.1) is 6.10 Å². The highest BCUT2D eigenvalue weighted by Gasteiger charge is 2.53. The van der Waals surface area contributed by atoms with Crippen LogP contribution in [0, 0.1) is 16.0 Å². The minimum atomic E-state index is -1.49. The highest BCUT2D eigenvalue weighted by Crippen LogP contribution is 2.32. The number of aldehydes is 1. The Balaban J connectivity index is 2.32. The van der Waals surface area contributed by atoms with Crippen LogP contribution in [-0.2, 0) is 4.79 Å². The van der Waals surface area contributed by atoms with Gasteiger partial charge in [0.25, 0.3) is 0 Å². The molecule has 1 N–H and O–H groups in total. The summed E-state index contributed by atoms with van der Waals surface area (Å²) in [6.45, 7) is 0.843. The Morgan fingerprint density at radius 2 is 2.06 bits per heavy atom. The fourth-order valence-electron chi connectivity index (χ4n) is 2.62. The van der Waals surface area contributed by atoms with Crippen LogP contribution in [0.25, 0.3) is 0 Å². The zero-order valence-electron chi connectivity index (χ0n) is 9.94. The van der Waals surface area contributed by atoms with Crippen molar-refractivity contribution in [2.75, 3.05) is 13.1 Å². The molecule has 0 radical (unpaired) electrons. The number of hydrogen-bond donors (Lipinski definition) is 1.